The van der Waals surface area contributed by atoms with Gasteiger partial charge in [-0.05, 0) is 151 Å². The molecule has 1 heterocycles. The molecule has 1 aliphatic heterocycles. The maximum absolute atomic E-state index is 14.1. The number of ether oxygens (including phenoxy) is 5. The zero-order chi connectivity index (χ0) is 37.5. The van der Waals surface area contributed by atoms with Crippen LogP contribution in [0.1, 0.15) is 109 Å². The summed E-state index contributed by atoms with van der Waals surface area (Å²) in [7, 11) is -5.30. The summed E-state index contributed by atoms with van der Waals surface area (Å²) >= 11 is 0. The van der Waals surface area contributed by atoms with Crippen molar-refractivity contribution in [2.45, 2.75) is 120 Å². The third kappa shape index (κ3) is 5.67. The summed E-state index contributed by atoms with van der Waals surface area (Å²) in [4.78, 5) is 41.7. The van der Waals surface area contributed by atoms with Crippen molar-refractivity contribution in [2.24, 2.45) is 74.9 Å². The lowest BCUT2D eigenvalue weighted by Crippen LogP contribution is -2.68. The molecule has 0 aromatic heterocycles. The number of hydrogen-bond donors (Lipinski definition) is 3. The van der Waals surface area contributed by atoms with Gasteiger partial charge in [0.2, 0.25) is 0 Å². The second-order valence-corrected chi connectivity index (χ2v) is 22.4. The van der Waals surface area contributed by atoms with Crippen LogP contribution in [0, 0.1) is 74.9 Å². The molecule has 54 heavy (non-hydrogen) atoms. The van der Waals surface area contributed by atoms with Gasteiger partial charge in [-0.2, -0.15) is 8.42 Å². The Morgan fingerprint density at radius 1 is 0.556 bits per heavy atom. The highest BCUT2D eigenvalue weighted by Gasteiger charge is 2.69. The molecule has 13 nitrogen and oxygen atoms in total. The summed E-state index contributed by atoms with van der Waals surface area (Å²) in [5.41, 5.74) is -2.73. The molecule has 300 valence electrons. The van der Waals surface area contributed by atoms with E-state index in [2.05, 4.69) is 0 Å². The van der Waals surface area contributed by atoms with Crippen molar-refractivity contribution >= 4 is 28.0 Å². The number of aliphatic hydroxyl groups is 2. The number of rotatable bonds is 10. The molecule has 14 heteroatoms. The van der Waals surface area contributed by atoms with Crippen LogP contribution in [-0.4, -0.2) is 85.0 Å². The predicted octanol–water partition coefficient (Wildman–Crippen LogP) is 4.13. The topological polar surface area (TPSA) is 192 Å². The Labute approximate surface area is 316 Å². The molecule has 13 fully saturated rings. The van der Waals surface area contributed by atoms with Gasteiger partial charge < -0.3 is 33.9 Å². The summed E-state index contributed by atoms with van der Waals surface area (Å²) < 4.78 is 63.5. The average molecular weight is 777 g/mol. The van der Waals surface area contributed by atoms with E-state index in [-0.39, 0.29) is 56.1 Å². The van der Waals surface area contributed by atoms with Crippen LogP contribution >= 0.6 is 0 Å². The molecule has 13 rings (SSSR count). The third-order valence-corrected chi connectivity index (χ3v) is 17.7. The van der Waals surface area contributed by atoms with Crippen LogP contribution in [-0.2, 0) is 48.2 Å². The molecule has 3 N–H and O–H groups in total. The zero-order valence-corrected chi connectivity index (χ0v) is 31.9. The first-order valence-corrected chi connectivity index (χ1v) is 22.2. The molecule has 0 amide bonds. The van der Waals surface area contributed by atoms with E-state index in [4.69, 9.17) is 28.2 Å². The van der Waals surface area contributed by atoms with Gasteiger partial charge in [0.25, 0.3) is 0 Å². The average Bonchev–Trinajstić information content (AvgIpc) is 3.09. The Hall–Kier alpha value is -1.84. The van der Waals surface area contributed by atoms with Gasteiger partial charge in [0.05, 0.1) is 34.9 Å². The van der Waals surface area contributed by atoms with Crippen LogP contribution in [0.2, 0.25) is 0 Å². The Balaban J connectivity index is 0.855. The number of esters is 3. The second kappa shape index (κ2) is 12.1. The fourth-order valence-electron chi connectivity index (χ4n) is 15.3. The van der Waals surface area contributed by atoms with Crippen molar-refractivity contribution in [2.75, 3.05) is 33.0 Å². The molecule has 0 aromatic rings. The van der Waals surface area contributed by atoms with Gasteiger partial charge in [-0.15, -0.1) is 0 Å². The molecule has 1 spiro atoms. The quantitative estimate of drug-likeness (QED) is 0.124. The summed E-state index contributed by atoms with van der Waals surface area (Å²) in [6.45, 7) is -0.919. The second-order valence-electron chi connectivity index (χ2n) is 20.8. The van der Waals surface area contributed by atoms with Gasteiger partial charge in [0.15, 0.2) is 12.4 Å². The van der Waals surface area contributed by atoms with E-state index in [0.717, 1.165) is 51.4 Å². The van der Waals surface area contributed by atoms with Crippen LogP contribution in [0.5, 0.6) is 0 Å². The molecule has 12 saturated carbocycles. The molecular formula is C40H56O13S. The van der Waals surface area contributed by atoms with Gasteiger partial charge in [0.1, 0.15) is 13.2 Å². The minimum atomic E-state index is -5.30. The standard InChI is InChI=1S/C40H56O13S/c41-32(36-9-23-1-24(10-36)3-25(2-23)11-36)49-18-35(19-50-33(42)37-12-26-4-27(13-37)6-28(5-26)14-37)20-52-40(53-21-35)30-7-29-8-31(40)17-38(15-29,16-30)34(43)51-22-39(44,45)54(46,47)48/h23-31,44-45H,1-22H2,(H,46,47,48). The molecule has 0 aromatic carbocycles. The van der Waals surface area contributed by atoms with Crippen molar-refractivity contribution in [1.82, 2.24) is 0 Å². The number of carbonyl (C=O) groups is 3. The zero-order valence-electron chi connectivity index (χ0n) is 31.1. The normalized spacial score (nSPS) is 49.4. The largest absolute Gasteiger partial charge is 0.464 e. The fraction of sp³-hybridized carbons (Fsp3) is 0.925. The van der Waals surface area contributed by atoms with Crippen molar-refractivity contribution < 1.29 is 61.3 Å². The lowest BCUT2D eigenvalue weighted by atomic mass is 9.47. The molecule has 12 aliphatic carbocycles. The Bertz CT molecular complexity index is 1540. The van der Waals surface area contributed by atoms with Crippen molar-refractivity contribution in [3.05, 3.63) is 0 Å². The van der Waals surface area contributed by atoms with Gasteiger partial charge in [-0.1, -0.05) is 0 Å². The summed E-state index contributed by atoms with van der Waals surface area (Å²) in [6.07, 6.45) is 15.4. The Morgan fingerprint density at radius 3 is 1.26 bits per heavy atom. The molecule has 13 aliphatic rings. The van der Waals surface area contributed by atoms with Crippen LogP contribution in [0.3, 0.4) is 0 Å². The molecule has 12 bridgehead atoms. The maximum atomic E-state index is 14.1. The third-order valence-electron chi connectivity index (χ3n) is 16.7. The lowest BCUT2D eigenvalue weighted by Gasteiger charge is -2.65. The summed E-state index contributed by atoms with van der Waals surface area (Å²) in [5.74, 6) is 1.37. The van der Waals surface area contributed by atoms with Crippen molar-refractivity contribution in [3.8, 4) is 0 Å². The van der Waals surface area contributed by atoms with Gasteiger partial charge in [-0.3, -0.25) is 18.9 Å². The van der Waals surface area contributed by atoms with Crippen LogP contribution in [0.25, 0.3) is 0 Å². The van der Waals surface area contributed by atoms with E-state index in [1.807, 2.05) is 0 Å². The fourth-order valence-corrected chi connectivity index (χ4v) is 15.5. The molecule has 2 atom stereocenters. The van der Waals surface area contributed by atoms with Crippen LogP contribution in [0.15, 0.2) is 0 Å². The smallest absolute Gasteiger partial charge is 0.330 e. The minimum Gasteiger partial charge on any atom is -0.464 e. The van der Waals surface area contributed by atoms with Gasteiger partial charge in [0, 0.05) is 11.8 Å². The summed E-state index contributed by atoms with van der Waals surface area (Å²) in [5, 5.41) is 16.0. The maximum Gasteiger partial charge on any atom is 0.330 e. The van der Waals surface area contributed by atoms with E-state index < -0.39 is 55.3 Å². The minimum absolute atomic E-state index is 0.0316. The monoisotopic (exact) mass is 776 g/mol. The first-order valence-electron chi connectivity index (χ1n) is 20.7. The van der Waals surface area contributed by atoms with Crippen molar-refractivity contribution in [1.29, 1.82) is 0 Å². The van der Waals surface area contributed by atoms with Crippen molar-refractivity contribution in [3.63, 3.8) is 0 Å². The number of carbonyl (C=O) groups excluding carboxylic acids is 3. The predicted molar refractivity (Wildman–Crippen MR) is 186 cm³/mol. The van der Waals surface area contributed by atoms with E-state index in [9.17, 15) is 33.0 Å². The highest BCUT2D eigenvalue weighted by atomic mass is 32.2. The van der Waals surface area contributed by atoms with Gasteiger partial charge >= 0.3 is 33.1 Å². The highest BCUT2D eigenvalue weighted by molar-refractivity contribution is 7.86. The molecule has 1 saturated heterocycles. The van der Waals surface area contributed by atoms with Crippen LogP contribution < -0.4 is 0 Å². The Morgan fingerprint density at radius 2 is 0.889 bits per heavy atom. The first kappa shape index (κ1) is 36.5. The first-order chi connectivity index (χ1) is 25.5. The molecule has 2 unspecified atom stereocenters. The highest BCUT2D eigenvalue weighted by Crippen LogP contribution is 2.67. The van der Waals surface area contributed by atoms with E-state index in [1.54, 1.807) is 0 Å². The van der Waals surface area contributed by atoms with E-state index >= 15 is 0 Å². The summed E-state index contributed by atoms with van der Waals surface area (Å²) in [6, 6.07) is 0. The lowest BCUT2D eigenvalue weighted by molar-refractivity contribution is -0.391. The molecular weight excluding hydrogens is 720 g/mol. The number of hydrogen-bond acceptors (Lipinski definition) is 12. The SMILES string of the molecule is O=C(OCC1(COC(=O)C23CC4CC(CC(C4)C2)C3)COC2(OC1)C1CC3CC2CC(C(=O)OCC(O)(O)S(=O)(=O)O)(C3)C1)C12CC3CC(CC(C3)C1)C2. The van der Waals surface area contributed by atoms with E-state index in [1.165, 1.54) is 38.5 Å². The van der Waals surface area contributed by atoms with E-state index in [0.29, 0.717) is 54.8 Å². The van der Waals surface area contributed by atoms with Crippen LogP contribution in [0.4, 0.5) is 0 Å². The Kier molecular flexibility index (Phi) is 8.18. The molecule has 0 radical (unpaired) electrons. The van der Waals surface area contributed by atoms with Gasteiger partial charge in [-0.25, -0.2) is 0 Å².